The molecule has 5 rings (SSSR count). The maximum absolute atomic E-state index is 16.9. The van der Waals surface area contributed by atoms with Crippen molar-refractivity contribution in [3.8, 4) is 0 Å². The molecular formula is C21H25FO4S. The van der Waals surface area contributed by atoms with Crippen molar-refractivity contribution < 1.29 is 24.1 Å². The number of allylic oxidation sites excluding steroid dienone is 4. The lowest BCUT2D eigenvalue weighted by atomic mass is 9.45. The molecule has 0 aromatic carbocycles. The van der Waals surface area contributed by atoms with Crippen LogP contribution in [0.4, 0.5) is 4.39 Å². The van der Waals surface area contributed by atoms with Crippen LogP contribution >= 0.6 is 12.2 Å². The predicted molar refractivity (Wildman–Crippen MR) is 101 cm³/mol. The van der Waals surface area contributed by atoms with Gasteiger partial charge in [0, 0.05) is 16.7 Å². The number of thiocarbonyl (C=S) groups is 1. The highest BCUT2D eigenvalue weighted by Gasteiger charge is 2.88. The molecule has 3 saturated carbocycles. The molecule has 2 N–H and O–H groups in total. The van der Waals surface area contributed by atoms with E-state index in [-0.39, 0.29) is 29.1 Å². The second-order valence-electron chi connectivity index (χ2n) is 9.79. The number of ketones is 1. The first-order valence-corrected chi connectivity index (χ1v) is 10.1. The Kier molecular flexibility index (Phi) is 3.13. The number of carbonyl (C=O) groups is 1. The van der Waals surface area contributed by atoms with Gasteiger partial charge in [-0.25, -0.2) is 4.39 Å². The average Bonchev–Trinajstić information content (AvgIpc) is 3.17. The number of halogens is 1. The van der Waals surface area contributed by atoms with E-state index in [4.69, 9.17) is 17.0 Å². The van der Waals surface area contributed by atoms with Gasteiger partial charge in [0.2, 0.25) is 0 Å². The quantitative estimate of drug-likeness (QED) is 0.529. The Bertz CT molecular complexity index is 853. The molecule has 4 fully saturated rings. The molecule has 0 amide bonds. The third kappa shape index (κ3) is 1.65. The number of rotatable bonds is 1. The molecule has 1 saturated heterocycles. The van der Waals surface area contributed by atoms with E-state index in [1.165, 1.54) is 6.08 Å². The van der Waals surface area contributed by atoms with Gasteiger partial charge in [-0.05, 0) is 69.8 Å². The number of hydrogen-bond donors (Lipinski definition) is 2. The Morgan fingerprint density at radius 1 is 1.30 bits per heavy atom. The lowest BCUT2D eigenvalue weighted by Crippen LogP contribution is -2.68. The zero-order chi connectivity index (χ0) is 19.6. The van der Waals surface area contributed by atoms with Gasteiger partial charge in [0.15, 0.2) is 22.1 Å². The van der Waals surface area contributed by atoms with Crippen LogP contribution in [-0.2, 0) is 9.53 Å². The number of hydrogen-bond acceptors (Lipinski definition) is 4. The molecule has 0 aromatic rings. The summed E-state index contributed by atoms with van der Waals surface area (Å²) >= 11 is 5.16. The van der Waals surface area contributed by atoms with Crippen LogP contribution < -0.4 is 0 Å². The topological polar surface area (TPSA) is 70.1 Å². The van der Waals surface area contributed by atoms with Crippen molar-refractivity contribution in [1.29, 1.82) is 0 Å². The van der Waals surface area contributed by atoms with Gasteiger partial charge in [-0.1, -0.05) is 18.6 Å². The lowest BCUT2D eigenvalue weighted by molar-refractivity contribution is -0.203. The van der Waals surface area contributed by atoms with Crippen molar-refractivity contribution in [3.63, 3.8) is 0 Å². The Hall–Kier alpha value is -1.11. The molecule has 0 radical (unpaired) electrons. The molecular weight excluding hydrogens is 367 g/mol. The lowest BCUT2D eigenvalue weighted by Gasteiger charge is -2.62. The maximum Gasteiger partial charge on any atom is 0.193 e. The summed E-state index contributed by atoms with van der Waals surface area (Å²) in [6, 6.07) is 0. The molecule has 146 valence electrons. The van der Waals surface area contributed by atoms with Gasteiger partial charge < -0.3 is 14.9 Å². The van der Waals surface area contributed by atoms with E-state index >= 15 is 4.39 Å². The fourth-order valence-corrected chi connectivity index (χ4v) is 7.99. The summed E-state index contributed by atoms with van der Waals surface area (Å²) in [6.07, 6.45) is 5.39. The smallest absolute Gasteiger partial charge is 0.193 e. The molecule has 4 nitrogen and oxygen atoms in total. The van der Waals surface area contributed by atoms with Gasteiger partial charge in [-0.3, -0.25) is 4.79 Å². The van der Waals surface area contributed by atoms with Gasteiger partial charge >= 0.3 is 0 Å². The van der Waals surface area contributed by atoms with Crippen molar-refractivity contribution in [3.05, 3.63) is 23.8 Å². The second kappa shape index (κ2) is 4.71. The van der Waals surface area contributed by atoms with Crippen molar-refractivity contribution in [2.24, 2.45) is 22.7 Å². The van der Waals surface area contributed by atoms with Crippen LogP contribution in [0.25, 0.3) is 0 Å². The summed E-state index contributed by atoms with van der Waals surface area (Å²) in [6.45, 7) is 5.72. The molecule has 1 heterocycles. The average molecular weight is 392 g/mol. The Morgan fingerprint density at radius 3 is 2.67 bits per heavy atom. The molecule has 0 bridgehead atoms. The number of fused-ring (bicyclic) bond motifs is 7. The Labute approximate surface area is 163 Å². The molecule has 1 aliphatic heterocycles. The SMILES string of the molecule is C[C@@]12C[C@H]3[C@@H]4CCC5=CC(=O)C=C[C@]5(C)[C@@]4(F)[C@@H](O)C[C@]3(C)[C@]1(C(O)=S)O2. The number of ether oxygens (including phenoxy) is 1. The molecule has 4 aliphatic carbocycles. The van der Waals surface area contributed by atoms with E-state index in [0.29, 0.717) is 19.3 Å². The van der Waals surface area contributed by atoms with Crippen molar-refractivity contribution >= 4 is 23.1 Å². The normalized spacial score (nSPS) is 57.9. The Balaban J connectivity index is 1.64. The predicted octanol–water partition coefficient (Wildman–Crippen LogP) is 3.38. The molecule has 0 unspecified atom stereocenters. The van der Waals surface area contributed by atoms with E-state index in [9.17, 15) is 15.0 Å². The summed E-state index contributed by atoms with van der Waals surface area (Å²) in [5.41, 5.74) is -4.26. The second-order valence-corrected chi connectivity index (χ2v) is 10.2. The van der Waals surface area contributed by atoms with Gasteiger partial charge in [0.1, 0.15) is 5.60 Å². The summed E-state index contributed by atoms with van der Waals surface area (Å²) in [7, 11) is 0. The molecule has 0 spiro atoms. The van der Waals surface area contributed by atoms with E-state index < -0.39 is 33.8 Å². The first kappa shape index (κ1) is 18.0. The maximum atomic E-state index is 16.9. The van der Waals surface area contributed by atoms with Crippen molar-refractivity contribution in [1.82, 2.24) is 0 Å². The zero-order valence-electron chi connectivity index (χ0n) is 15.8. The fourth-order valence-electron chi connectivity index (χ4n) is 7.49. The molecule has 27 heavy (non-hydrogen) atoms. The number of aliphatic hydroxyl groups excluding tert-OH is 2. The third-order valence-electron chi connectivity index (χ3n) is 8.83. The van der Waals surface area contributed by atoms with Gasteiger partial charge in [-0.15, -0.1) is 0 Å². The first-order valence-electron chi connectivity index (χ1n) is 9.71. The monoisotopic (exact) mass is 392 g/mol. The number of carbonyl (C=O) groups excluding carboxylic acids is 1. The standard InChI is InChI=1S/C21H25FO4S/c1-17-7-6-12(23)8-11(17)4-5-13-14-9-19(3)21(26-19,16(25)27)18(14,2)10-15(24)20(13,17)22/h6-8,13-15,24H,4-5,9-10H2,1-3H3,(H,25,27)/t13-,14-,15-,17-,18-,19+,20-,21-/m0/s1. The largest absolute Gasteiger partial charge is 0.500 e. The van der Waals surface area contributed by atoms with E-state index in [0.717, 1.165) is 5.57 Å². The van der Waals surface area contributed by atoms with Gasteiger partial charge in [0.05, 0.1) is 6.10 Å². The highest BCUT2D eigenvalue weighted by Crippen LogP contribution is 2.78. The van der Waals surface area contributed by atoms with Crippen LogP contribution in [0, 0.1) is 22.7 Å². The third-order valence-corrected chi connectivity index (χ3v) is 9.11. The number of epoxide rings is 1. The van der Waals surface area contributed by atoms with Crippen LogP contribution in [0.15, 0.2) is 23.8 Å². The highest BCUT2D eigenvalue weighted by molar-refractivity contribution is 7.80. The Morgan fingerprint density at radius 2 is 2.00 bits per heavy atom. The summed E-state index contributed by atoms with van der Waals surface area (Å²) < 4.78 is 22.8. The minimum absolute atomic E-state index is 0.0563. The van der Waals surface area contributed by atoms with Crippen LogP contribution in [0.2, 0.25) is 0 Å². The molecule has 8 atom stereocenters. The minimum atomic E-state index is -1.86. The van der Waals surface area contributed by atoms with Crippen LogP contribution in [0.5, 0.6) is 0 Å². The van der Waals surface area contributed by atoms with E-state index in [1.807, 2.05) is 13.8 Å². The van der Waals surface area contributed by atoms with Gasteiger partial charge in [-0.2, -0.15) is 0 Å². The van der Waals surface area contributed by atoms with Crippen molar-refractivity contribution in [2.45, 2.75) is 69.4 Å². The number of aliphatic hydroxyl groups is 2. The molecule has 5 aliphatic rings. The summed E-state index contributed by atoms with van der Waals surface area (Å²) in [4.78, 5) is 11.8. The molecule has 0 aromatic heterocycles. The van der Waals surface area contributed by atoms with E-state index in [2.05, 4.69) is 0 Å². The van der Waals surface area contributed by atoms with E-state index in [1.54, 1.807) is 19.1 Å². The van der Waals surface area contributed by atoms with Crippen LogP contribution in [0.1, 0.15) is 46.5 Å². The fraction of sp³-hybridized carbons (Fsp3) is 0.714. The summed E-state index contributed by atoms with van der Waals surface area (Å²) in [5.74, 6) is -0.558. The summed E-state index contributed by atoms with van der Waals surface area (Å²) in [5, 5.41) is 21.3. The first-order chi connectivity index (χ1) is 12.5. The highest BCUT2D eigenvalue weighted by atomic mass is 32.1. The van der Waals surface area contributed by atoms with Crippen molar-refractivity contribution in [2.75, 3.05) is 0 Å². The number of alkyl halides is 1. The van der Waals surface area contributed by atoms with Crippen LogP contribution in [-0.4, -0.2) is 44.0 Å². The zero-order valence-corrected chi connectivity index (χ0v) is 16.6. The molecule has 6 heteroatoms. The van der Waals surface area contributed by atoms with Gasteiger partial charge in [0.25, 0.3) is 0 Å². The minimum Gasteiger partial charge on any atom is -0.500 e. The van der Waals surface area contributed by atoms with Crippen LogP contribution in [0.3, 0.4) is 0 Å².